The Morgan fingerprint density at radius 3 is 2.33 bits per heavy atom. The fourth-order valence-corrected chi connectivity index (χ4v) is 3.23. The van der Waals surface area contributed by atoms with E-state index in [1.54, 1.807) is 32.5 Å². The lowest BCUT2D eigenvalue weighted by molar-refractivity contribution is -0.384. The zero-order chi connectivity index (χ0) is 17.1. The number of hydrogen-bond acceptors (Lipinski definition) is 6. The highest BCUT2D eigenvalue weighted by molar-refractivity contribution is 7.99. The van der Waals surface area contributed by atoms with E-state index in [1.807, 2.05) is 18.2 Å². The molecule has 0 aliphatic heterocycles. The second-order valence-corrected chi connectivity index (χ2v) is 6.00. The van der Waals surface area contributed by atoms with Gasteiger partial charge in [-0.15, -0.1) is 0 Å². The van der Waals surface area contributed by atoms with Crippen molar-refractivity contribution in [3.63, 3.8) is 0 Å². The number of fused-ring (bicyclic) bond motifs is 1. The van der Waals surface area contributed by atoms with Gasteiger partial charge in [0.05, 0.1) is 24.7 Å². The summed E-state index contributed by atoms with van der Waals surface area (Å²) >= 11 is 1.51. The van der Waals surface area contributed by atoms with Crippen LogP contribution >= 0.6 is 11.8 Å². The fraction of sp³-hybridized carbons (Fsp3) is 0.118. The predicted molar refractivity (Wildman–Crippen MR) is 92.1 cm³/mol. The molecule has 0 amide bonds. The third-order valence-electron chi connectivity index (χ3n) is 3.48. The van der Waals surface area contributed by atoms with E-state index in [4.69, 9.17) is 9.47 Å². The number of nitrogens with zero attached hydrogens (tertiary/aromatic N) is 2. The number of methoxy groups -OCH3 is 2. The summed E-state index contributed by atoms with van der Waals surface area (Å²) in [6, 6.07) is 12.1. The second-order valence-electron chi connectivity index (χ2n) is 4.89. The largest absolute Gasteiger partial charge is 0.493 e. The smallest absolute Gasteiger partial charge is 0.269 e. The molecular weight excluding hydrogens is 328 g/mol. The van der Waals surface area contributed by atoms with Crippen LogP contribution in [0.25, 0.3) is 10.9 Å². The summed E-state index contributed by atoms with van der Waals surface area (Å²) in [4.78, 5) is 16.6. The van der Waals surface area contributed by atoms with Crippen molar-refractivity contribution < 1.29 is 14.4 Å². The molecule has 3 aromatic rings. The fourth-order valence-electron chi connectivity index (χ4n) is 2.30. The molecule has 0 N–H and O–H groups in total. The minimum absolute atomic E-state index is 0.0744. The molecule has 0 aliphatic rings. The van der Waals surface area contributed by atoms with Crippen LogP contribution in [0.3, 0.4) is 0 Å². The number of hydrogen-bond donors (Lipinski definition) is 0. The molecule has 1 heterocycles. The van der Waals surface area contributed by atoms with E-state index in [1.165, 1.54) is 23.9 Å². The normalized spacial score (nSPS) is 10.6. The van der Waals surface area contributed by atoms with E-state index in [-0.39, 0.29) is 5.69 Å². The Balaban J connectivity index is 2.01. The predicted octanol–water partition coefficient (Wildman–Crippen LogP) is 4.31. The number of non-ortho nitro benzene ring substituents is 1. The summed E-state index contributed by atoms with van der Waals surface area (Å²) in [5.74, 6) is 1.25. The van der Waals surface area contributed by atoms with Crippen molar-refractivity contribution in [2.75, 3.05) is 14.2 Å². The van der Waals surface area contributed by atoms with Crippen molar-refractivity contribution >= 4 is 28.4 Å². The molecule has 0 spiro atoms. The van der Waals surface area contributed by atoms with Gasteiger partial charge in [0.15, 0.2) is 11.5 Å². The van der Waals surface area contributed by atoms with Crippen molar-refractivity contribution in [2.24, 2.45) is 0 Å². The van der Waals surface area contributed by atoms with Crippen LogP contribution in [-0.4, -0.2) is 24.1 Å². The van der Waals surface area contributed by atoms with Gasteiger partial charge in [-0.3, -0.25) is 15.1 Å². The first-order valence-corrected chi connectivity index (χ1v) is 7.87. The molecule has 6 nitrogen and oxygen atoms in total. The molecule has 0 fully saturated rings. The molecule has 0 saturated carbocycles. The Morgan fingerprint density at radius 2 is 1.71 bits per heavy atom. The lowest BCUT2D eigenvalue weighted by Crippen LogP contribution is -1.92. The van der Waals surface area contributed by atoms with E-state index in [9.17, 15) is 10.1 Å². The van der Waals surface area contributed by atoms with E-state index in [0.717, 1.165) is 20.7 Å². The van der Waals surface area contributed by atoms with Crippen LogP contribution in [-0.2, 0) is 0 Å². The zero-order valence-electron chi connectivity index (χ0n) is 13.1. The first kappa shape index (κ1) is 16.1. The molecule has 122 valence electrons. The Labute approximate surface area is 142 Å². The first-order valence-electron chi connectivity index (χ1n) is 7.05. The van der Waals surface area contributed by atoms with E-state index >= 15 is 0 Å². The molecule has 7 heteroatoms. The monoisotopic (exact) mass is 342 g/mol. The second kappa shape index (κ2) is 6.76. The number of pyridine rings is 1. The van der Waals surface area contributed by atoms with E-state index in [0.29, 0.717) is 11.5 Å². The SMILES string of the molecule is COc1cc2nccc(Sc3ccc([N+](=O)[O-])cc3)c2cc1OC. The van der Waals surface area contributed by atoms with Crippen molar-refractivity contribution in [3.05, 3.63) is 58.8 Å². The van der Waals surface area contributed by atoms with Gasteiger partial charge in [-0.2, -0.15) is 0 Å². The molecule has 2 aromatic carbocycles. The molecule has 3 rings (SSSR count). The molecular formula is C17H14N2O4S. The third-order valence-corrected chi connectivity index (χ3v) is 4.57. The van der Waals surface area contributed by atoms with Gasteiger partial charge in [0.2, 0.25) is 0 Å². The number of nitro groups is 1. The molecule has 0 aliphatic carbocycles. The third kappa shape index (κ3) is 3.11. The van der Waals surface area contributed by atoms with Crippen LogP contribution in [0, 0.1) is 10.1 Å². The lowest BCUT2D eigenvalue weighted by atomic mass is 10.2. The van der Waals surface area contributed by atoms with Gasteiger partial charge in [0, 0.05) is 39.6 Å². The average molecular weight is 342 g/mol. The quantitative estimate of drug-likeness (QED) is 0.508. The van der Waals surface area contributed by atoms with Crippen LogP contribution in [0.2, 0.25) is 0 Å². The van der Waals surface area contributed by atoms with Crippen molar-refractivity contribution in [1.29, 1.82) is 0 Å². The zero-order valence-corrected chi connectivity index (χ0v) is 13.9. The Kier molecular flexibility index (Phi) is 4.52. The standard InChI is InChI=1S/C17H14N2O4S/c1-22-15-9-13-14(10-16(15)23-2)18-8-7-17(13)24-12-5-3-11(4-6-12)19(20)21/h3-10H,1-2H3. The van der Waals surface area contributed by atoms with Crippen molar-refractivity contribution in [1.82, 2.24) is 4.98 Å². The highest BCUT2D eigenvalue weighted by Gasteiger charge is 2.11. The number of aromatic nitrogens is 1. The van der Waals surface area contributed by atoms with Crippen molar-refractivity contribution in [2.45, 2.75) is 9.79 Å². The number of benzene rings is 2. The lowest BCUT2D eigenvalue weighted by Gasteiger charge is -2.11. The van der Waals surface area contributed by atoms with Crippen LogP contribution in [0.1, 0.15) is 0 Å². The van der Waals surface area contributed by atoms with Gasteiger partial charge >= 0.3 is 0 Å². The van der Waals surface area contributed by atoms with Gasteiger partial charge in [-0.25, -0.2) is 0 Å². The molecule has 0 atom stereocenters. The van der Waals surface area contributed by atoms with Gasteiger partial charge in [-0.05, 0) is 24.3 Å². The maximum absolute atomic E-state index is 10.7. The number of nitro benzene ring substituents is 1. The van der Waals surface area contributed by atoms with Gasteiger partial charge in [0.1, 0.15) is 0 Å². The maximum atomic E-state index is 10.7. The van der Waals surface area contributed by atoms with Crippen LogP contribution in [0.5, 0.6) is 11.5 Å². The minimum Gasteiger partial charge on any atom is -0.493 e. The molecule has 0 saturated heterocycles. The summed E-state index contributed by atoms with van der Waals surface area (Å²) in [6.45, 7) is 0. The van der Waals surface area contributed by atoms with E-state index < -0.39 is 4.92 Å². The molecule has 0 bridgehead atoms. The highest BCUT2D eigenvalue weighted by Crippen LogP contribution is 2.38. The summed E-state index contributed by atoms with van der Waals surface area (Å²) in [7, 11) is 3.17. The number of rotatable bonds is 5. The molecule has 0 radical (unpaired) electrons. The summed E-state index contributed by atoms with van der Waals surface area (Å²) in [5, 5.41) is 11.7. The van der Waals surface area contributed by atoms with Crippen molar-refractivity contribution in [3.8, 4) is 11.5 Å². The van der Waals surface area contributed by atoms with Crippen LogP contribution < -0.4 is 9.47 Å². The minimum atomic E-state index is -0.409. The summed E-state index contributed by atoms with van der Waals surface area (Å²) in [5.41, 5.74) is 0.866. The van der Waals surface area contributed by atoms with Crippen LogP contribution in [0.15, 0.2) is 58.5 Å². The Bertz CT molecular complexity index is 897. The molecule has 0 unspecified atom stereocenters. The molecule has 1 aromatic heterocycles. The van der Waals surface area contributed by atoms with Gasteiger partial charge < -0.3 is 9.47 Å². The molecule has 24 heavy (non-hydrogen) atoms. The van der Waals surface area contributed by atoms with Gasteiger partial charge in [0.25, 0.3) is 5.69 Å². The average Bonchev–Trinajstić information content (AvgIpc) is 2.61. The Morgan fingerprint density at radius 1 is 1.04 bits per heavy atom. The maximum Gasteiger partial charge on any atom is 0.269 e. The van der Waals surface area contributed by atoms with Gasteiger partial charge in [-0.1, -0.05) is 11.8 Å². The first-order chi connectivity index (χ1) is 11.6. The topological polar surface area (TPSA) is 74.5 Å². The summed E-state index contributed by atoms with van der Waals surface area (Å²) < 4.78 is 10.7. The highest BCUT2D eigenvalue weighted by atomic mass is 32.2. The van der Waals surface area contributed by atoms with E-state index in [2.05, 4.69) is 4.98 Å². The Hall–Kier alpha value is -2.80. The van der Waals surface area contributed by atoms with Crippen LogP contribution in [0.4, 0.5) is 5.69 Å². The number of ether oxygens (including phenoxy) is 2. The summed E-state index contributed by atoms with van der Waals surface area (Å²) in [6.07, 6.45) is 1.72.